The quantitative estimate of drug-likeness (QED) is 0.769. The monoisotopic (exact) mass is 337 g/mol. The number of benzene rings is 1. The third kappa shape index (κ3) is 3.23. The van der Waals surface area contributed by atoms with Crippen LogP contribution in [-0.4, -0.2) is 42.4 Å². The van der Waals surface area contributed by atoms with E-state index >= 15 is 0 Å². The highest BCUT2D eigenvalue weighted by Crippen LogP contribution is 2.29. The van der Waals surface area contributed by atoms with Crippen molar-refractivity contribution in [1.29, 1.82) is 0 Å². The maximum atomic E-state index is 12.7. The van der Waals surface area contributed by atoms with Crippen LogP contribution in [0.1, 0.15) is 31.1 Å². The second-order valence-electron chi connectivity index (χ2n) is 6.00. The molecule has 2 N–H and O–H groups in total. The van der Waals surface area contributed by atoms with Crippen molar-refractivity contribution in [3.63, 3.8) is 0 Å². The van der Waals surface area contributed by atoms with Gasteiger partial charge in [0.25, 0.3) is 0 Å². The number of aromatic amines is 1. The number of hydrogen-bond acceptors (Lipinski definition) is 4. The van der Waals surface area contributed by atoms with Crippen LogP contribution in [0.4, 0.5) is 10.5 Å². The number of likely N-dealkylation sites (tertiary alicyclic amines) is 1. The van der Waals surface area contributed by atoms with Crippen molar-refractivity contribution >= 4 is 11.7 Å². The summed E-state index contributed by atoms with van der Waals surface area (Å²) in [5.74, 6) is 0.740. The van der Waals surface area contributed by atoms with E-state index in [0.717, 1.165) is 36.5 Å². The largest absolute Gasteiger partial charge is 0.322 e. The van der Waals surface area contributed by atoms with Gasteiger partial charge in [-0.1, -0.05) is 0 Å². The van der Waals surface area contributed by atoms with E-state index in [4.69, 9.17) is 0 Å². The lowest BCUT2D eigenvalue weighted by Crippen LogP contribution is -2.41. The molecule has 1 aliphatic heterocycles. The fourth-order valence-corrected chi connectivity index (χ4v) is 3.15. The third-order valence-electron chi connectivity index (χ3n) is 4.40. The average molecular weight is 337 g/mol. The van der Waals surface area contributed by atoms with E-state index in [2.05, 4.69) is 25.6 Å². The number of piperidine rings is 1. The topological polar surface area (TPSA) is 91.7 Å². The molecule has 0 saturated carbocycles. The molecule has 0 aliphatic carbocycles. The van der Waals surface area contributed by atoms with Gasteiger partial charge in [0.05, 0.1) is 11.7 Å². The third-order valence-corrected chi connectivity index (χ3v) is 4.40. The molecule has 1 unspecified atom stereocenters. The van der Waals surface area contributed by atoms with Crippen molar-refractivity contribution in [2.24, 2.45) is 0 Å². The number of hydrogen-bond donors (Lipinski definition) is 2. The Morgan fingerprint density at radius 3 is 2.84 bits per heavy atom. The maximum Gasteiger partial charge on any atom is 0.322 e. The first-order chi connectivity index (χ1) is 12.3. The predicted molar refractivity (Wildman–Crippen MR) is 92.3 cm³/mol. The normalized spacial score (nSPS) is 17.4. The fourth-order valence-electron chi connectivity index (χ4n) is 3.15. The zero-order chi connectivity index (χ0) is 17.1. The zero-order valence-corrected chi connectivity index (χ0v) is 13.7. The minimum Gasteiger partial charge on any atom is -0.314 e. The first kappa shape index (κ1) is 15.4. The number of nitrogens with one attached hydrogen (secondary N) is 2. The molecule has 8 nitrogen and oxygen atoms in total. The Bertz CT molecular complexity index is 811. The molecule has 0 spiro atoms. The Morgan fingerprint density at radius 1 is 1.24 bits per heavy atom. The van der Waals surface area contributed by atoms with E-state index in [1.54, 1.807) is 10.9 Å². The molecule has 4 rings (SSSR count). The van der Waals surface area contributed by atoms with Crippen LogP contribution in [0.2, 0.25) is 0 Å². The first-order valence-corrected chi connectivity index (χ1v) is 8.34. The van der Waals surface area contributed by atoms with Crippen LogP contribution in [0.5, 0.6) is 0 Å². The second kappa shape index (κ2) is 6.76. The number of aromatic nitrogens is 5. The Kier molecular flexibility index (Phi) is 4.16. The summed E-state index contributed by atoms with van der Waals surface area (Å²) in [7, 11) is 0. The van der Waals surface area contributed by atoms with Gasteiger partial charge < -0.3 is 10.2 Å². The van der Waals surface area contributed by atoms with Crippen LogP contribution < -0.4 is 5.32 Å². The molecule has 3 aromatic rings. The van der Waals surface area contributed by atoms with Crippen molar-refractivity contribution < 1.29 is 4.79 Å². The minimum atomic E-state index is -0.118. The summed E-state index contributed by atoms with van der Waals surface area (Å²) < 4.78 is 1.77. The van der Waals surface area contributed by atoms with Gasteiger partial charge in [-0.15, -0.1) is 0 Å². The first-order valence-electron chi connectivity index (χ1n) is 8.34. The Hall–Kier alpha value is -3.16. The number of anilines is 1. The molecule has 1 atom stereocenters. The van der Waals surface area contributed by atoms with Crippen LogP contribution >= 0.6 is 0 Å². The van der Waals surface area contributed by atoms with E-state index in [1.165, 1.54) is 6.33 Å². The number of urea groups is 1. The number of carbonyl (C=O) groups is 1. The van der Waals surface area contributed by atoms with Gasteiger partial charge in [-0.05, 0) is 49.6 Å². The summed E-state index contributed by atoms with van der Waals surface area (Å²) in [6.07, 6.45) is 8.05. The molecule has 2 amide bonds. The summed E-state index contributed by atoms with van der Waals surface area (Å²) >= 11 is 0. The standard InChI is InChI=1S/C17H19N7O/c25-17(23-10-2-1-4-15(23)16-18-12-19-22-16)21-13-5-7-14(8-6-13)24-11-3-9-20-24/h3,5-9,11-12,15H,1-2,4,10H2,(H,21,25)(H,18,19,22). The lowest BCUT2D eigenvalue weighted by molar-refractivity contribution is 0.159. The average Bonchev–Trinajstić information content (AvgIpc) is 3.36. The Morgan fingerprint density at radius 2 is 2.12 bits per heavy atom. The van der Waals surface area contributed by atoms with E-state index in [0.29, 0.717) is 6.54 Å². The minimum absolute atomic E-state index is 0.0559. The van der Waals surface area contributed by atoms with Gasteiger partial charge in [0.1, 0.15) is 12.2 Å². The van der Waals surface area contributed by atoms with Crippen molar-refractivity contribution in [1.82, 2.24) is 29.9 Å². The molecule has 3 heterocycles. The molecule has 1 aromatic carbocycles. The van der Waals surface area contributed by atoms with Gasteiger partial charge in [-0.25, -0.2) is 14.5 Å². The number of H-pyrrole nitrogens is 1. The lowest BCUT2D eigenvalue weighted by atomic mass is 10.0. The summed E-state index contributed by atoms with van der Waals surface area (Å²) in [5, 5.41) is 14.0. The molecule has 1 saturated heterocycles. The Labute approximate surface area is 144 Å². The summed E-state index contributed by atoms with van der Waals surface area (Å²) in [6.45, 7) is 0.711. The van der Waals surface area contributed by atoms with E-state index in [-0.39, 0.29) is 12.1 Å². The van der Waals surface area contributed by atoms with Crippen LogP contribution in [0, 0.1) is 0 Å². The van der Waals surface area contributed by atoms with Gasteiger partial charge >= 0.3 is 6.03 Å². The summed E-state index contributed by atoms with van der Waals surface area (Å²) in [5.41, 5.74) is 1.70. The van der Waals surface area contributed by atoms with Crippen molar-refractivity contribution in [3.05, 3.63) is 54.9 Å². The van der Waals surface area contributed by atoms with E-state index in [9.17, 15) is 4.79 Å². The van der Waals surface area contributed by atoms with Crippen LogP contribution in [0.25, 0.3) is 5.69 Å². The van der Waals surface area contributed by atoms with Crippen molar-refractivity contribution in [2.45, 2.75) is 25.3 Å². The van der Waals surface area contributed by atoms with Gasteiger partial charge in [-0.2, -0.15) is 10.2 Å². The fraction of sp³-hybridized carbons (Fsp3) is 0.294. The van der Waals surface area contributed by atoms with Gasteiger partial charge in [-0.3, -0.25) is 5.10 Å². The van der Waals surface area contributed by atoms with Crippen LogP contribution in [-0.2, 0) is 0 Å². The molecule has 2 aromatic heterocycles. The van der Waals surface area contributed by atoms with E-state index < -0.39 is 0 Å². The molecule has 128 valence electrons. The highest BCUT2D eigenvalue weighted by molar-refractivity contribution is 5.89. The molecule has 1 aliphatic rings. The molecular formula is C17H19N7O. The number of amides is 2. The van der Waals surface area contributed by atoms with Crippen molar-refractivity contribution in [2.75, 3.05) is 11.9 Å². The smallest absolute Gasteiger partial charge is 0.314 e. The number of nitrogens with zero attached hydrogens (tertiary/aromatic N) is 5. The molecule has 8 heteroatoms. The SMILES string of the molecule is O=C(Nc1ccc(-n2cccn2)cc1)N1CCCCC1c1ncn[nH]1. The summed E-state index contributed by atoms with van der Waals surface area (Å²) in [4.78, 5) is 18.8. The molecular weight excluding hydrogens is 318 g/mol. The molecule has 0 radical (unpaired) electrons. The van der Waals surface area contributed by atoms with Gasteiger partial charge in [0.15, 0.2) is 0 Å². The summed E-state index contributed by atoms with van der Waals surface area (Å²) in [6, 6.07) is 9.30. The molecule has 0 bridgehead atoms. The van der Waals surface area contributed by atoms with Crippen LogP contribution in [0.15, 0.2) is 49.1 Å². The Balaban J connectivity index is 1.47. The highest BCUT2D eigenvalue weighted by Gasteiger charge is 2.29. The van der Waals surface area contributed by atoms with Crippen LogP contribution in [0.3, 0.4) is 0 Å². The van der Waals surface area contributed by atoms with Crippen molar-refractivity contribution in [3.8, 4) is 5.69 Å². The highest BCUT2D eigenvalue weighted by atomic mass is 16.2. The number of rotatable bonds is 3. The van der Waals surface area contributed by atoms with Gasteiger partial charge in [0.2, 0.25) is 0 Å². The van der Waals surface area contributed by atoms with E-state index in [1.807, 2.05) is 41.4 Å². The second-order valence-corrected chi connectivity index (χ2v) is 6.00. The molecule has 25 heavy (non-hydrogen) atoms. The number of carbonyl (C=O) groups excluding carboxylic acids is 1. The predicted octanol–water partition coefficient (Wildman–Crippen LogP) is 2.75. The lowest BCUT2D eigenvalue weighted by Gasteiger charge is -2.34. The maximum absolute atomic E-state index is 12.7. The van der Waals surface area contributed by atoms with Gasteiger partial charge in [0, 0.05) is 24.6 Å². The molecule has 1 fully saturated rings. The zero-order valence-electron chi connectivity index (χ0n) is 13.7.